The zero-order valence-corrected chi connectivity index (χ0v) is 43.6. The number of anilines is 9. The maximum Gasteiger partial charge on any atom is 0.253 e. The molecule has 0 N–H and O–H groups in total. The van der Waals surface area contributed by atoms with Gasteiger partial charge in [-0.1, -0.05) is 148 Å². The van der Waals surface area contributed by atoms with Crippen molar-refractivity contribution in [2.45, 2.75) is 83.6 Å². The Balaban J connectivity index is 1.09. The molecule has 8 aromatic carbocycles. The number of nitrogens with zero attached hydrogens (tertiary/aromatic N) is 4. The number of hydrogen-bond acceptors (Lipinski definition) is 3. The minimum Gasteiger partial charge on any atom is -0.333 e. The zero-order valence-electron chi connectivity index (χ0n) is 43.6. The second-order valence-corrected chi connectivity index (χ2v) is 22.9. The maximum atomic E-state index is 2.89. The van der Waals surface area contributed by atoms with Crippen molar-refractivity contribution in [1.82, 2.24) is 4.57 Å². The van der Waals surface area contributed by atoms with E-state index in [4.69, 9.17) is 0 Å². The van der Waals surface area contributed by atoms with Gasteiger partial charge in [-0.25, -0.2) is 0 Å². The summed E-state index contributed by atoms with van der Waals surface area (Å²) in [5, 5.41) is 2.74. The highest BCUT2D eigenvalue weighted by Gasteiger charge is 2.47. The van der Waals surface area contributed by atoms with Crippen LogP contribution in [0.2, 0.25) is 0 Å². The second kappa shape index (κ2) is 18.6. The summed E-state index contributed by atoms with van der Waals surface area (Å²) >= 11 is 0. The first-order chi connectivity index (χ1) is 36.9. The first kappa shape index (κ1) is 45.8. The van der Waals surface area contributed by atoms with Crippen LogP contribution >= 0.6 is 0 Å². The second-order valence-electron chi connectivity index (χ2n) is 22.9. The summed E-state index contributed by atoms with van der Waals surface area (Å²) in [6.45, 7) is 7.04. The number of para-hydroxylation sites is 5. The van der Waals surface area contributed by atoms with Gasteiger partial charge in [-0.3, -0.25) is 0 Å². The Bertz CT molecular complexity index is 3660. The van der Waals surface area contributed by atoms with Gasteiger partial charge in [-0.15, -0.1) is 0 Å². The molecule has 5 heteroatoms. The normalized spacial score (nSPS) is 19.9. The van der Waals surface area contributed by atoms with Crippen LogP contribution in [0.25, 0.3) is 21.8 Å². The topological polar surface area (TPSA) is 14.7 Å². The molecule has 1 aromatic heterocycles. The molecule has 4 unspecified atom stereocenters. The van der Waals surface area contributed by atoms with Crippen molar-refractivity contribution in [3.05, 3.63) is 230 Å². The minimum absolute atomic E-state index is 0.0722. The number of allylic oxidation sites excluding steroid dienone is 6. The molecular formula is C70H65BN4. The molecule has 2 aliphatic heterocycles. The fraction of sp³-hybridized carbons (Fsp3) is 0.229. The number of hydrogen-bond donors (Lipinski definition) is 0. The lowest BCUT2D eigenvalue weighted by Crippen LogP contribution is -2.61. The highest BCUT2D eigenvalue weighted by atomic mass is 15.2. The van der Waals surface area contributed by atoms with Crippen LogP contribution in [-0.2, 0) is 5.41 Å². The van der Waals surface area contributed by atoms with E-state index in [1.165, 1.54) is 111 Å². The average molecular weight is 973 g/mol. The molecule has 9 aromatic rings. The van der Waals surface area contributed by atoms with Gasteiger partial charge in [0.25, 0.3) is 6.71 Å². The highest BCUT2D eigenvalue weighted by Crippen LogP contribution is 2.53. The molecule has 4 nitrogen and oxygen atoms in total. The molecule has 5 aliphatic rings. The van der Waals surface area contributed by atoms with E-state index < -0.39 is 0 Å². The molecule has 0 radical (unpaired) electrons. The summed E-state index contributed by atoms with van der Waals surface area (Å²) in [6, 6.07) is 71.4. The van der Waals surface area contributed by atoms with Crippen LogP contribution < -0.4 is 31.1 Å². The molecule has 0 fully saturated rings. The largest absolute Gasteiger partial charge is 0.333 e. The van der Waals surface area contributed by atoms with Gasteiger partial charge in [0.05, 0.1) is 6.04 Å². The van der Waals surface area contributed by atoms with Gasteiger partial charge in [0.15, 0.2) is 0 Å². The monoisotopic (exact) mass is 973 g/mol. The van der Waals surface area contributed by atoms with E-state index in [2.05, 4.69) is 258 Å². The Morgan fingerprint density at radius 1 is 0.493 bits per heavy atom. The fourth-order valence-electron chi connectivity index (χ4n) is 14.3. The van der Waals surface area contributed by atoms with E-state index >= 15 is 0 Å². The number of fused-ring (bicyclic) bond motifs is 8. The van der Waals surface area contributed by atoms with Gasteiger partial charge in [-0.2, -0.15) is 0 Å². The van der Waals surface area contributed by atoms with Crippen molar-refractivity contribution in [3.63, 3.8) is 0 Å². The van der Waals surface area contributed by atoms with Crippen LogP contribution in [0.5, 0.6) is 0 Å². The van der Waals surface area contributed by atoms with Crippen LogP contribution in [0.3, 0.4) is 0 Å². The SMILES string of the molecule is CC(C)(C)c1cc2c3c(c1)N(c1ccccc1)c1ccc4c(c1B3c1ccc(N(c3ccccc3)c3ccccc3)cc1N2c1ccccc1)c1ccccc1n4C1C(C2CC=CCC2)=CCCC1C1CC=CCC1. The summed E-state index contributed by atoms with van der Waals surface area (Å²) in [7, 11) is 0. The summed E-state index contributed by atoms with van der Waals surface area (Å²) in [4.78, 5) is 7.64. The average Bonchev–Trinajstić information content (AvgIpc) is 3.81. The van der Waals surface area contributed by atoms with Crippen molar-refractivity contribution in [2.75, 3.05) is 14.7 Å². The van der Waals surface area contributed by atoms with E-state index in [-0.39, 0.29) is 18.2 Å². The number of rotatable bonds is 8. The van der Waals surface area contributed by atoms with Gasteiger partial charge in [-0.05, 0) is 193 Å². The van der Waals surface area contributed by atoms with E-state index in [0.29, 0.717) is 17.8 Å². The summed E-state index contributed by atoms with van der Waals surface area (Å²) in [5.41, 5.74) is 20.3. The Labute approximate surface area is 444 Å². The third kappa shape index (κ3) is 7.63. The molecule has 4 atom stereocenters. The molecule has 0 amide bonds. The lowest BCUT2D eigenvalue weighted by atomic mass is 9.33. The minimum atomic E-state index is -0.132. The molecule has 0 saturated heterocycles. The molecule has 14 rings (SSSR count). The summed E-state index contributed by atoms with van der Waals surface area (Å²) in [6.07, 6.45) is 22.1. The predicted octanol–water partition coefficient (Wildman–Crippen LogP) is 17.2. The van der Waals surface area contributed by atoms with Crippen molar-refractivity contribution >= 4 is 96.1 Å². The molecule has 0 spiro atoms. The van der Waals surface area contributed by atoms with Crippen LogP contribution in [0.1, 0.15) is 83.7 Å². The highest BCUT2D eigenvalue weighted by molar-refractivity contribution is 7.02. The molecule has 368 valence electrons. The molecule has 3 aliphatic carbocycles. The van der Waals surface area contributed by atoms with Crippen molar-refractivity contribution in [3.8, 4) is 0 Å². The molecule has 0 saturated carbocycles. The standard InChI is InChI=1S/C70H65BN4/c1-70(2,3)50-45-64-67-65(46-50)74(54-35-20-9-21-36-54)63-47-55(72(51-29-14-6-15-30-51)52-31-16-7-17-32-52)41-42-59(63)71(67)68-62(73(64)53-33-18-8-19-34-53)44-43-61-66(68)58-37-22-23-40-60(58)75(61)69-56(48-25-10-4-11-26-48)38-24-39-57(69)49-27-12-5-13-28-49/h4-10,12,14-23,29-38,40-49,57,69H,11,13,24-28,39H2,1-3H3. The van der Waals surface area contributed by atoms with Crippen molar-refractivity contribution < 1.29 is 0 Å². The lowest BCUT2D eigenvalue weighted by Gasteiger charge is -2.45. The van der Waals surface area contributed by atoms with E-state index in [1.807, 2.05) is 0 Å². The van der Waals surface area contributed by atoms with Crippen LogP contribution in [0, 0.1) is 17.8 Å². The maximum absolute atomic E-state index is 2.89. The van der Waals surface area contributed by atoms with E-state index in [9.17, 15) is 0 Å². The Morgan fingerprint density at radius 2 is 1.11 bits per heavy atom. The fourth-order valence-corrected chi connectivity index (χ4v) is 14.3. The van der Waals surface area contributed by atoms with Gasteiger partial charge in [0.1, 0.15) is 0 Å². The van der Waals surface area contributed by atoms with Crippen LogP contribution in [0.4, 0.5) is 51.2 Å². The Hall–Kier alpha value is -7.76. The smallest absolute Gasteiger partial charge is 0.253 e. The first-order valence-corrected chi connectivity index (χ1v) is 27.9. The number of benzene rings is 8. The van der Waals surface area contributed by atoms with E-state index in [1.54, 1.807) is 5.57 Å². The van der Waals surface area contributed by atoms with Gasteiger partial charge < -0.3 is 19.3 Å². The van der Waals surface area contributed by atoms with Crippen molar-refractivity contribution in [1.29, 1.82) is 0 Å². The number of aromatic nitrogens is 1. The quantitative estimate of drug-likeness (QED) is 0.111. The Kier molecular flexibility index (Phi) is 11.3. The Morgan fingerprint density at radius 3 is 1.73 bits per heavy atom. The summed E-state index contributed by atoms with van der Waals surface area (Å²) in [5.74, 6) is 1.78. The zero-order chi connectivity index (χ0) is 50.2. The molecule has 0 bridgehead atoms. The van der Waals surface area contributed by atoms with E-state index in [0.717, 1.165) is 35.6 Å². The van der Waals surface area contributed by atoms with Gasteiger partial charge in [0.2, 0.25) is 0 Å². The van der Waals surface area contributed by atoms with Crippen molar-refractivity contribution in [2.24, 2.45) is 17.8 Å². The van der Waals surface area contributed by atoms with Gasteiger partial charge >= 0.3 is 0 Å². The lowest BCUT2D eigenvalue weighted by molar-refractivity contribution is 0.207. The van der Waals surface area contributed by atoms with Crippen LogP contribution in [0.15, 0.2) is 224 Å². The third-order valence-electron chi connectivity index (χ3n) is 17.6. The first-order valence-electron chi connectivity index (χ1n) is 27.9. The molecule has 75 heavy (non-hydrogen) atoms. The molecular weight excluding hydrogens is 908 g/mol. The summed E-state index contributed by atoms with van der Waals surface area (Å²) < 4.78 is 2.89. The third-order valence-corrected chi connectivity index (χ3v) is 17.6. The molecule has 3 heterocycles. The van der Waals surface area contributed by atoms with Gasteiger partial charge in [0, 0.05) is 73.0 Å². The predicted molar refractivity (Wildman–Crippen MR) is 320 cm³/mol. The van der Waals surface area contributed by atoms with Crippen LogP contribution in [-0.4, -0.2) is 11.3 Å².